The smallest absolute Gasteiger partial charge is 0.290 e. The van der Waals surface area contributed by atoms with Gasteiger partial charge in [-0.3, -0.25) is 5.32 Å². The number of para-hydroxylation sites is 1. The molecule has 0 aliphatic carbocycles. The summed E-state index contributed by atoms with van der Waals surface area (Å²) in [5.41, 5.74) is 1.81. The third kappa shape index (κ3) is 4.12. The van der Waals surface area contributed by atoms with E-state index in [2.05, 4.69) is 10.4 Å². The second kappa shape index (κ2) is 8.16. The van der Waals surface area contributed by atoms with E-state index in [1.54, 1.807) is 49.4 Å². The molecule has 0 aliphatic heterocycles. The molecule has 0 bridgehead atoms. The molecule has 0 atom stereocenters. The first-order valence-electron chi connectivity index (χ1n) is 8.84. The Bertz CT molecular complexity index is 1190. The zero-order valence-corrected chi connectivity index (χ0v) is 16.7. The third-order valence-electron chi connectivity index (χ3n) is 4.25. The maximum atomic E-state index is 12.6. The van der Waals surface area contributed by atoms with E-state index in [0.717, 1.165) is 0 Å². The van der Waals surface area contributed by atoms with Crippen LogP contribution in [0.25, 0.3) is 5.69 Å². The van der Waals surface area contributed by atoms with Gasteiger partial charge in [-0.2, -0.15) is 10.4 Å². The number of hydrogen-bond acceptors (Lipinski definition) is 5. The molecular formula is C20H19N5O3S. The van der Waals surface area contributed by atoms with E-state index in [1.807, 2.05) is 23.8 Å². The van der Waals surface area contributed by atoms with Crippen LogP contribution in [0.4, 0.5) is 10.6 Å². The Morgan fingerprint density at radius 1 is 1.14 bits per heavy atom. The van der Waals surface area contributed by atoms with E-state index in [4.69, 9.17) is 0 Å². The maximum Gasteiger partial charge on any atom is 0.334 e. The molecule has 0 saturated heterocycles. The zero-order chi connectivity index (χ0) is 21.0. The highest BCUT2D eigenvalue weighted by atomic mass is 32.2. The van der Waals surface area contributed by atoms with Crippen LogP contribution in [0.2, 0.25) is 0 Å². The largest absolute Gasteiger partial charge is 0.334 e. The van der Waals surface area contributed by atoms with Gasteiger partial charge in [-0.25, -0.2) is 22.6 Å². The Kier molecular flexibility index (Phi) is 5.66. The number of nitrogens with one attached hydrogen (secondary N) is 2. The van der Waals surface area contributed by atoms with E-state index < -0.39 is 16.1 Å². The van der Waals surface area contributed by atoms with Gasteiger partial charge in [0.15, 0.2) is 5.82 Å². The number of nitrogens with zero attached hydrogens (tertiary/aromatic N) is 3. The minimum absolute atomic E-state index is 0.00136. The van der Waals surface area contributed by atoms with Crippen LogP contribution in [0.5, 0.6) is 0 Å². The number of anilines is 1. The van der Waals surface area contributed by atoms with Crippen molar-refractivity contribution in [1.82, 2.24) is 14.5 Å². The predicted molar refractivity (Wildman–Crippen MR) is 108 cm³/mol. The van der Waals surface area contributed by atoms with E-state index >= 15 is 0 Å². The number of hydrogen-bond donors (Lipinski definition) is 2. The lowest BCUT2D eigenvalue weighted by Gasteiger charge is -2.12. The van der Waals surface area contributed by atoms with Crippen LogP contribution in [0.15, 0.2) is 59.5 Å². The van der Waals surface area contributed by atoms with Crippen molar-refractivity contribution < 1.29 is 13.2 Å². The SMILES string of the molecule is CCc1nn(-c2ccccc2)c(NC(=O)NS(=O)(=O)c2ccccc2C)c1C#N. The molecule has 0 fully saturated rings. The van der Waals surface area contributed by atoms with Crippen molar-refractivity contribution in [3.8, 4) is 11.8 Å². The van der Waals surface area contributed by atoms with Crippen molar-refractivity contribution in [2.75, 3.05) is 5.32 Å². The van der Waals surface area contributed by atoms with Gasteiger partial charge in [0.25, 0.3) is 10.0 Å². The lowest BCUT2D eigenvalue weighted by atomic mass is 10.2. The summed E-state index contributed by atoms with van der Waals surface area (Å²) in [4.78, 5) is 12.5. The Morgan fingerprint density at radius 3 is 2.41 bits per heavy atom. The molecule has 2 amide bonds. The van der Waals surface area contributed by atoms with E-state index in [-0.39, 0.29) is 16.3 Å². The molecule has 0 unspecified atom stereocenters. The van der Waals surface area contributed by atoms with Crippen LogP contribution in [0.3, 0.4) is 0 Å². The Hall–Kier alpha value is -3.64. The van der Waals surface area contributed by atoms with Gasteiger partial charge in [0, 0.05) is 0 Å². The van der Waals surface area contributed by atoms with Gasteiger partial charge >= 0.3 is 6.03 Å². The first kappa shape index (κ1) is 20.1. The summed E-state index contributed by atoms with van der Waals surface area (Å²) in [5, 5.41) is 16.4. The molecular weight excluding hydrogens is 390 g/mol. The summed E-state index contributed by atoms with van der Waals surface area (Å²) < 4.78 is 28.5. The first-order valence-corrected chi connectivity index (χ1v) is 10.3. The van der Waals surface area contributed by atoms with Crippen LogP contribution < -0.4 is 10.0 Å². The first-order chi connectivity index (χ1) is 13.9. The second-order valence-corrected chi connectivity index (χ2v) is 7.86. The number of carbonyl (C=O) groups excluding carboxylic acids is 1. The Morgan fingerprint density at radius 2 is 1.79 bits per heavy atom. The van der Waals surface area contributed by atoms with Crippen molar-refractivity contribution in [2.45, 2.75) is 25.2 Å². The minimum atomic E-state index is -4.08. The Labute approximate surface area is 168 Å². The van der Waals surface area contributed by atoms with Gasteiger partial charge < -0.3 is 0 Å². The second-order valence-electron chi connectivity index (χ2n) is 6.21. The van der Waals surface area contributed by atoms with Crippen molar-refractivity contribution in [2.24, 2.45) is 0 Å². The number of carbonyl (C=O) groups is 1. The summed E-state index contributed by atoms with van der Waals surface area (Å²) in [6.07, 6.45) is 0.473. The number of sulfonamides is 1. The van der Waals surface area contributed by atoms with Crippen LogP contribution in [0.1, 0.15) is 23.7 Å². The molecule has 2 aromatic carbocycles. The standard InChI is InChI=1S/C20H19N5O3S/c1-3-17-16(13-21)19(25(23-17)15-10-5-4-6-11-15)22-20(26)24-29(27,28)18-12-8-7-9-14(18)2/h4-12H,3H2,1-2H3,(H2,22,24,26). The number of benzene rings is 2. The normalized spacial score (nSPS) is 10.9. The fourth-order valence-corrected chi connectivity index (χ4v) is 4.02. The molecule has 8 nitrogen and oxygen atoms in total. The number of aromatic nitrogens is 2. The molecule has 1 heterocycles. The van der Waals surface area contributed by atoms with Crippen LogP contribution in [0, 0.1) is 18.3 Å². The highest BCUT2D eigenvalue weighted by Crippen LogP contribution is 2.24. The maximum absolute atomic E-state index is 12.6. The van der Waals surface area contributed by atoms with Crippen LogP contribution in [-0.2, 0) is 16.4 Å². The summed E-state index contributed by atoms with van der Waals surface area (Å²) in [6.45, 7) is 3.48. The molecule has 3 rings (SSSR count). The fourth-order valence-electron chi connectivity index (χ4n) is 2.87. The third-order valence-corrected chi connectivity index (χ3v) is 5.74. The quantitative estimate of drug-likeness (QED) is 0.671. The van der Waals surface area contributed by atoms with E-state index in [1.165, 1.54) is 10.7 Å². The lowest BCUT2D eigenvalue weighted by molar-refractivity contribution is 0.256. The summed E-state index contributed by atoms with van der Waals surface area (Å²) in [5.74, 6) is 0.105. The molecule has 0 aliphatic rings. The highest BCUT2D eigenvalue weighted by Gasteiger charge is 2.23. The molecule has 9 heteroatoms. The number of nitriles is 1. The molecule has 2 N–H and O–H groups in total. The molecule has 1 aromatic heterocycles. The lowest BCUT2D eigenvalue weighted by Crippen LogP contribution is -2.35. The topological polar surface area (TPSA) is 117 Å². The molecule has 148 valence electrons. The minimum Gasteiger partial charge on any atom is -0.290 e. The van der Waals surface area contributed by atoms with Gasteiger partial charge in [0.05, 0.1) is 16.3 Å². The number of amides is 2. The molecule has 3 aromatic rings. The van der Waals surface area contributed by atoms with Crippen molar-refractivity contribution in [1.29, 1.82) is 5.26 Å². The molecule has 29 heavy (non-hydrogen) atoms. The van der Waals surface area contributed by atoms with Gasteiger partial charge in [-0.05, 0) is 37.1 Å². The number of aryl methyl sites for hydroxylation is 2. The van der Waals surface area contributed by atoms with Crippen LogP contribution >= 0.6 is 0 Å². The highest BCUT2D eigenvalue weighted by molar-refractivity contribution is 7.90. The van der Waals surface area contributed by atoms with Gasteiger partial charge in [-0.1, -0.05) is 43.3 Å². The average Bonchev–Trinajstić information content (AvgIpc) is 3.05. The number of urea groups is 1. The summed E-state index contributed by atoms with van der Waals surface area (Å²) >= 11 is 0. The van der Waals surface area contributed by atoms with Crippen molar-refractivity contribution >= 4 is 21.9 Å². The summed E-state index contributed by atoms with van der Waals surface area (Å²) in [7, 11) is -4.08. The number of rotatable bonds is 5. The van der Waals surface area contributed by atoms with E-state index in [0.29, 0.717) is 23.4 Å². The van der Waals surface area contributed by atoms with Crippen molar-refractivity contribution in [3.05, 3.63) is 71.4 Å². The monoisotopic (exact) mass is 409 g/mol. The molecule has 0 saturated carbocycles. The van der Waals surface area contributed by atoms with Gasteiger partial charge in [0.1, 0.15) is 11.6 Å². The summed E-state index contributed by atoms with van der Waals surface area (Å²) in [6, 6.07) is 16.3. The fraction of sp³-hybridized carbons (Fsp3) is 0.150. The van der Waals surface area contributed by atoms with Crippen molar-refractivity contribution in [3.63, 3.8) is 0 Å². The van der Waals surface area contributed by atoms with E-state index in [9.17, 15) is 18.5 Å². The van der Waals surface area contributed by atoms with Crippen LogP contribution in [-0.4, -0.2) is 24.2 Å². The predicted octanol–water partition coefficient (Wildman–Crippen LogP) is 3.13. The van der Waals surface area contributed by atoms with Gasteiger partial charge in [0.2, 0.25) is 0 Å². The molecule has 0 radical (unpaired) electrons. The Balaban J connectivity index is 1.96. The average molecular weight is 409 g/mol. The zero-order valence-electron chi connectivity index (χ0n) is 15.9. The van der Waals surface area contributed by atoms with Gasteiger partial charge in [-0.15, -0.1) is 0 Å². The molecule has 0 spiro atoms.